The molecule has 28 heavy (non-hydrogen) atoms. The average molecular weight is 385 g/mol. The molecule has 2 aromatic carbocycles. The number of nitrogens with zero attached hydrogens (tertiary/aromatic N) is 2. The molecule has 146 valence electrons. The topological polar surface area (TPSA) is 111 Å². The summed E-state index contributed by atoms with van der Waals surface area (Å²) in [6.45, 7) is 1.79. The highest BCUT2D eigenvalue weighted by Crippen LogP contribution is 2.25. The zero-order valence-electron chi connectivity index (χ0n) is 15.0. The van der Waals surface area contributed by atoms with Gasteiger partial charge in [0.2, 0.25) is 0 Å². The fourth-order valence-corrected chi connectivity index (χ4v) is 2.72. The van der Waals surface area contributed by atoms with Crippen LogP contribution >= 0.6 is 0 Å². The Kier molecular flexibility index (Phi) is 6.18. The summed E-state index contributed by atoms with van der Waals surface area (Å²) >= 11 is 0. The van der Waals surface area contributed by atoms with Gasteiger partial charge in [0.05, 0.1) is 18.1 Å². The number of hydrogen-bond donors (Lipinski definition) is 1. The number of amides is 2. The fourth-order valence-electron chi connectivity index (χ4n) is 2.72. The van der Waals surface area contributed by atoms with E-state index >= 15 is 0 Å². The number of nitro groups is 1. The Morgan fingerprint density at radius 1 is 1.11 bits per heavy atom. The van der Waals surface area contributed by atoms with E-state index in [9.17, 15) is 19.7 Å². The van der Waals surface area contributed by atoms with Crippen molar-refractivity contribution in [3.05, 3.63) is 64.2 Å². The Balaban J connectivity index is 1.54. The predicted octanol–water partition coefficient (Wildman–Crippen LogP) is 2.08. The van der Waals surface area contributed by atoms with Crippen LogP contribution in [0.5, 0.6) is 5.75 Å². The average Bonchev–Trinajstić information content (AvgIpc) is 2.73. The maximum absolute atomic E-state index is 12.4. The molecule has 0 spiro atoms. The largest absolute Gasteiger partial charge is 0.477 e. The fraction of sp³-hybridized carbons (Fsp3) is 0.263. The van der Waals surface area contributed by atoms with Gasteiger partial charge in [0.15, 0.2) is 12.4 Å². The molecule has 1 aliphatic rings. The molecule has 0 atom stereocenters. The number of anilines is 1. The van der Waals surface area contributed by atoms with Gasteiger partial charge in [-0.2, -0.15) is 0 Å². The first-order valence-electron chi connectivity index (χ1n) is 8.68. The van der Waals surface area contributed by atoms with Crippen LogP contribution in [0, 0.1) is 10.1 Å². The second kappa shape index (κ2) is 8.96. The Morgan fingerprint density at radius 2 is 1.79 bits per heavy atom. The number of carbonyl (C=O) groups excluding carboxylic acids is 2. The molecule has 9 heteroatoms. The van der Waals surface area contributed by atoms with Crippen LogP contribution in [-0.4, -0.2) is 54.5 Å². The maximum atomic E-state index is 12.4. The third-order valence-electron chi connectivity index (χ3n) is 4.13. The molecule has 3 rings (SSSR count). The number of carbonyl (C=O) groups is 2. The van der Waals surface area contributed by atoms with Crippen molar-refractivity contribution in [1.82, 2.24) is 4.90 Å². The van der Waals surface area contributed by atoms with Gasteiger partial charge in [-0.1, -0.05) is 12.1 Å². The lowest BCUT2D eigenvalue weighted by Crippen LogP contribution is -2.40. The lowest BCUT2D eigenvalue weighted by atomic mass is 10.1. The number of nitrogens with one attached hydrogen (secondary N) is 1. The molecule has 1 aliphatic heterocycles. The Bertz CT molecular complexity index is 862. The Labute approximate surface area is 161 Å². The first kappa shape index (κ1) is 19.3. The first-order valence-corrected chi connectivity index (χ1v) is 8.68. The Morgan fingerprint density at radius 3 is 2.46 bits per heavy atom. The van der Waals surface area contributed by atoms with Crippen LogP contribution in [0.25, 0.3) is 0 Å². The Hall–Kier alpha value is -3.46. The SMILES string of the molecule is O=C(COc1ccccc1[N+](=O)[O-])Nc1ccc(C(=O)N2CCOCC2)cc1. The number of benzene rings is 2. The van der Waals surface area contributed by atoms with Gasteiger partial charge >= 0.3 is 5.69 Å². The smallest absolute Gasteiger partial charge is 0.310 e. The molecular formula is C19H19N3O6. The molecule has 2 amide bonds. The first-order chi connectivity index (χ1) is 13.5. The van der Waals surface area contributed by atoms with E-state index in [-0.39, 0.29) is 24.0 Å². The number of hydrogen-bond acceptors (Lipinski definition) is 6. The highest BCUT2D eigenvalue weighted by Gasteiger charge is 2.18. The quantitative estimate of drug-likeness (QED) is 0.602. The van der Waals surface area contributed by atoms with Gasteiger partial charge in [0.25, 0.3) is 11.8 Å². The molecule has 1 N–H and O–H groups in total. The monoisotopic (exact) mass is 385 g/mol. The van der Waals surface area contributed by atoms with Crippen LogP contribution in [0.4, 0.5) is 11.4 Å². The van der Waals surface area contributed by atoms with Crippen LogP contribution in [-0.2, 0) is 9.53 Å². The van der Waals surface area contributed by atoms with E-state index in [0.717, 1.165) is 0 Å². The standard InChI is InChI=1S/C19H19N3O6/c23-18(13-28-17-4-2-1-3-16(17)22(25)26)20-15-7-5-14(6-8-15)19(24)21-9-11-27-12-10-21/h1-8H,9-13H2,(H,20,23). The number of para-hydroxylation sites is 2. The van der Waals surface area contributed by atoms with Crippen molar-refractivity contribution >= 4 is 23.2 Å². The molecule has 1 heterocycles. The minimum Gasteiger partial charge on any atom is -0.477 e. The second-order valence-corrected chi connectivity index (χ2v) is 6.04. The van der Waals surface area contributed by atoms with Crippen molar-refractivity contribution in [3.63, 3.8) is 0 Å². The summed E-state index contributed by atoms with van der Waals surface area (Å²) < 4.78 is 10.5. The van der Waals surface area contributed by atoms with E-state index in [1.807, 2.05) is 0 Å². The van der Waals surface area contributed by atoms with Gasteiger partial charge in [-0.3, -0.25) is 19.7 Å². The third-order valence-corrected chi connectivity index (χ3v) is 4.13. The minimum atomic E-state index is -0.572. The van der Waals surface area contributed by atoms with Crippen molar-refractivity contribution < 1.29 is 24.0 Å². The zero-order valence-corrected chi connectivity index (χ0v) is 15.0. The predicted molar refractivity (Wildman–Crippen MR) is 100 cm³/mol. The van der Waals surface area contributed by atoms with Gasteiger partial charge in [-0.15, -0.1) is 0 Å². The normalized spacial score (nSPS) is 13.6. The van der Waals surface area contributed by atoms with Crippen LogP contribution in [0.2, 0.25) is 0 Å². The van der Waals surface area contributed by atoms with E-state index in [2.05, 4.69) is 5.32 Å². The van der Waals surface area contributed by atoms with Gasteiger partial charge in [0.1, 0.15) is 0 Å². The summed E-state index contributed by atoms with van der Waals surface area (Å²) in [7, 11) is 0. The molecule has 1 saturated heterocycles. The summed E-state index contributed by atoms with van der Waals surface area (Å²) in [6, 6.07) is 12.4. The molecule has 9 nitrogen and oxygen atoms in total. The van der Waals surface area contributed by atoms with Crippen LogP contribution in [0.15, 0.2) is 48.5 Å². The summed E-state index contributed by atoms with van der Waals surface area (Å²) in [6.07, 6.45) is 0. The lowest BCUT2D eigenvalue weighted by molar-refractivity contribution is -0.385. The van der Waals surface area contributed by atoms with E-state index < -0.39 is 10.8 Å². The van der Waals surface area contributed by atoms with Gasteiger partial charge in [0, 0.05) is 30.4 Å². The van der Waals surface area contributed by atoms with E-state index in [0.29, 0.717) is 37.6 Å². The number of nitro benzene ring substituents is 1. The third kappa shape index (κ3) is 4.83. The van der Waals surface area contributed by atoms with Gasteiger partial charge < -0.3 is 19.7 Å². The maximum Gasteiger partial charge on any atom is 0.310 e. The van der Waals surface area contributed by atoms with Crippen LogP contribution in [0.3, 0.4) is 0 Å². The molecule has 0 aromatic heterocycles. The highest BCUT2D eigenvalue weighted by atomic mass is 16.6. The lowest BCUT2D eigenvalue weighted by Gasteiger charge is -2.26. The second-order valence-electron chi connectivity index (χ2n) is 6.04. The molecule has 2 aromatic rings. The van der Waals surface area contributed by atoms with Gasteiger partial charge in [-0.05, 0) is 30.3 Å². The number of ether oxygens (including phenoxy) is 2. The zero-order chi connectivity index (χ0) is 19.9. The molecule has 0 unspecified atom stereocenters. The summed E-state index contributed by atoms with van der Waals surface area (Å²) in [4.78, 5) is 36.5. The van der Waals surface area contributed by atoms with Crippen LogP contribution < -0.4 is 10.1 Å². The molecule has 1 fully saturated rings. The highest BCUT2D eigenvalue weighted by molar-refractivity contribution is 5.96. The summed E-state index contributed by atoms with van der Waals surface area (Å²) in [5.74, 6) is -0.527. The minimum absolute atomic E-state index is 0.0223. The summed E-state index contributed by atoms with van der Waals surface area (Å²) in [5.41, 5.74) is 0.812. The number of morpholine rings is 1. The van der Waals surface area contributed by atoms with Crippen molar-refractivity contribution in [3.8, 4) is 5.75 Å². The molecular weight excluding hydrogens is 366 g/mol. The van der Waals surface area contributed by atoms with E-state index in [4.69, 9.17) is 9.47 Å². The molecule has 0 bridgehead atoms. The van der Waals surface area contributed by atoms with Crippen molar-refractivity contribution in [2.45, 2.75) is 0 Å². The molecule has 0 saturated carbocycles. The number of rotatable bonds is 6. The van der Waals surface area contributed by atoms with Crippen molar-refractivity contribution in [2.24, 2.45) is 0 Å². The van der Waals surface area contributed by atoms with E-state index in [1.54, 1.807) is 35.2 Å². The van der Waals surface area contributed by atoms with E-state index in [1.165, 1.54) is 18.2 Å². The van der Waals surface area contributed by atoms with Crippen molar-refractivity contribution in [2.75, 3.05) is 38.2 Å². The summed E-state index contributed by atoms with van der Waals surface area (Å²) in [5, 5.41) is 13.6. The molecule has 0 aliphatic carbocycles. The van der Waals surface area contributed by atoms with Crippen LogP contribution in [0.1, 0.15) is 10.4 Å². The van der Waals surface area contributed by atoms with Crippen molar-refractivity contribution in [1.29, 1.82) is 0 Å². The molecule has 0 radical (unpaired) electrons. The van der Waals surface area contributed by atoms with Gasteiger partial charge in [-0.25, -0.2) is 0 Å².